The van der Waals surface area contributed by atoms with Crippen molar-refractivity contribution < 1.29 is 0 Å². The predicted molar refractivity (Wildman–Crippen MR) is 338 cm³/mol. The average molecular weight is 1030 g/mol. The van der Waals surface area contributed by atoms with Crippen LogP contribution in [0, 0.1) is 23.7 Å². The van der Waals surface area contributed by atoms with E-state index in [0.29, 0.717) is 13.1 Å². The minimum absolute atomic E-state index is 0.642. The van der Waals surface area contributed by atoms with Crippen molar-refractivity contribution in [2.75, 3.05) is 0 Å². The predicted octanol–water partition coefficient (Wildman–Crippen LogP) is 22.9. The molecule has 2 heterocycles. The van der Waals surface area contributed by atoms with Gasteiger partial charge in [-0.2, -0.15) is 0 Å². The number of aromatic nitrogens is 2. The largest absolute Gasteiger partial charge is 0.329 e. The van der Waals surface area contributed by atoms with Gasteiger partial charge in [0.05, 0.1) is 13.1 Å². The molecule has 0 N–H and O–H groups in total. The molecule has 414 valence electrons. The van der Waals surface area contributed by atoms with E-state index in [0.717, 1.165) is 0 Å². The minimum Gasteiger partial charge on any atom is -0.329 e. The van der Waals surface area contributed by atoms with E-state index in [1.807, 2.05) is 0 Å². The van der Waals surface area contributed by atoms with Crippen LogP contribution in [0.1, 0.15) is 281 Å². The van der Waals surface area contributed by atoms with Crippen molar-refractivity contribution in [2.45, 2.75) is 298 Å². The molecule has 0 bridgehead atoms. The summed E-state index contributed by atoms with van der Waals surface area (Å²) in [5.41, 5.74) is 11.1. The Bertz CT molecular complexity index is 2300. The van der Waals surface area contributed by atoms with Crippen LogP contribution in [0.4, 0.5) is 0 Å². The van der Waals surface area contributed by atoms with Crippen LogP contribution in [-0.2, 0) is 38.8 Å². The van der Waals surface area contributed by atoms with Crippen LogP contribution in [0.25, 0.3) is 43.6 Å². The number of unbranched alkanes of at least 4 members (excludes halogenated alkanes) is 32. The maximum atomic E-state index is 3.53. The molecule has 0 spiro atoms. The summed E-state index contributed by atoms with van der Waals surface area (Å²) in [6.07, 6.45) is 54.0. The summed E-state index contributed by atoms with van der Waals surface area (Å²) in [4.78, 5) is 0. The molecule has 0 aliphatic carbocycles. The lowest BCUT2D eigenvalue weighted by molar-refractivity contribution is 0.565. The third-order valence-electron chi connectivity index (χ3n) is 17.0. The Kier molecular flexibility index (Phi) is 29.9. The van der Waals surface area contributed by atoms with Crippen LogP contribution in [-0.4, -0.2) is 9.13 Å². The molecular weight excluding hydrogens is 917 g/mol. The second kappa shape index (κ2) is 37.4. The lowest BCUT2D eigenvalue weighted by atomic mass is 10.0. The highest BCUT2D eigenvalue weighted by atomic mass is 15.0. The van der Waals surface area contributed by atoms with Crippen LogP contribution in [0.2, 0.25) is 0 Å². The molecule has 2 nitrogen and oxygen atoms in total. The van der Waals surface area contributed by atoms with Gasteiger partial charge in [0.2, 0.25) is 0 Å². The van der Waals surface area contributed by atoms with Crippen LogP contribution in [0.3, 0.4) is 0 Å². The minimum atomic E-state index is 0.642. The Morgan fingerprint density at radius 1 is 0.250 bits per heavy atom. The van der Waals surface area contributed by atoms with E-state index >= 15 is 0 Å². The zero-order valence-electron chi connectivity index (χ0n) is 49.5. The van der Waals surface area contributed by atoms with Crippen molar-refractivity contribution >= 4 is 43.6 Å². The smallest absolute Gasteiger partial charge is 0.0853 e. The zero-order valence-corrected chi connectivity index (χ0v) is 49.5. The summed E-state index contributed by atoms with van der Waals surface area (Å²) in [6.45, 7) is 10.5. The van der Waals surface area contributed by atoms with Gasteiger partial charge in [-0.25, -0.2) is 0 Å². The van der Waals surface area contributed by atoms with E-state index in [-0.39, 0.29) is 0 Å². The van der Waals surface area contributed by atoms with Crippen molar-refractivity contribution in [3.05, 3.63) is 95.1 Å². The molecular formula is C74H108N2. The molecule has 0 aliphatic heterocycles. The van der Waals surface area contributed by atoms with Gasteiger partial charge < -0.3 is 9.13 Å². The van der Waals surface area contributed by atoms with E-state index in [2.05, 4.69) is 133 Å². The Labute approximate surface area is 466 Å². The Morgan fingerprint density at radius 2 is 0.447 bits per heavy atom. The topological polar surface area (TPSA) is 9.86 Å². The summed E-state index contributed by atoms with van der Waals surface area (Å²) >= 11 is 0. The first-order chi connectivity index (χ1) is 37.6. The van der Waals surface area contributed by atoms with Crippen LogP contribution in [0.15, 0.2) is 72.8 Å². The Balaban J connectivity index is 1.13. The highest BCUT2D eigenvalue weighted by Gasteiger charge is 2.14. The number of fused-ring (bicyclic) bond motifs is 6. The maximum absolute atomic E-state index is 3.53. The average Bonchev–Trinajstić information content (AvgIpc) is 3.98. The third-order valence-corrected chi connectivity index (χ3v) is 17.0. The molecule has 6 rings (SSSR count). The van der Waals surface area contributed by atoms with Gasteiger partial charge in [-0.05, 0) is 134 Å². The first-order valence-electron chi connectivity index (χ1n) is 32.7. The van der Waals surface area contributed by atoms with E-state index in [4.69, 9.17) is 0 Å². The molecule has 2 aromatic heterocycles. The van der Waals surface area contributed by atoms with E-state index in [9.17, 15) is 0 Å². The Hall–Kier alpha value is -4.40. The molecule has 0 saturated carbocycles. The van der Waals surface area contributed by atoms with Gasteiger partial charge >= 0.3 is 0 Å². The highest BCUT2D eigenvalue weighted by molar-refractivity contribution is 6.09. The van der Waals surface area contributed by atoms with Crippen molar-refractivity contribution in [2.24, 2.45) is 0 Å². The fraction of sp³-hybridized carbons (Fsp3) is 0.622. The van der Waals surface area contributed by atoms with Gasteiger partial charge in [-0.15, -0.1) is 0 Å². The molecule has 0 fully saturated rings. The second-order valence-electron chi connectivity index (χ2n) is 23.5. The summed E-state index contributed by atoms with van der Waals surface area (Å²) in [5.74, 6) is 13.7. The molecule has 0 aliphatic rings. The van der Waals surface area contributed by atoms with Crippen molar-refractivity contribution in [3.63, 3.8) is 0 Å². The number of hydrogen-bond donors (Lipinski definition) is 0. The first-order valence-corrected chi connectivity index (χ1v) is 32.7. The van der Waals surface area contributed by atoms with Crippen LogP contribution >= 0.6 is 0 Å². The Morgan fingerprint density at radius 3 is 0.658 bits per heavy atom. The second-order valence-corrected chi connectivity index (χ2v) is 23.5. The fourth-order valence-corrected chi connectivity index (χ4v) is 12.2. The molecule has 0 saturated heterocycles. The molecule has 0 unspecified atom stereocenters. The standard InChI is InChI=1S/C74H108N2/c1-5-9-13-17-21-25-29-33-39-45-63-49-53-71-67(59-63)68-60-64(46-40-34-30-26-22-18-14-10-6-2)50-54-72(68)75(71)57-43-37-38-44-58-76-73-55-51-65(47-41-35-31-27-23-19-15-11-7-3)61-69(73)70-62-66(52-56-74(70)76)48-42-36-32-28-24-20-16-12-8-4/h49-56,59-62H,5-36,39-42,45-48,57-58H2,1-4H3. The van der Waals surface area contributed by atoms with Gasteiger partial charge in [0, 0.05) is 43.6 Å². The number of benzene rings is 4. The number of aryl methyl sites for hydroxylation is 4. The van der Waals surface area contributed by atoms with Gasteiger partial charge in [0.1, 0.15) is 0 Å². The van der Waals surface area contributed by atoms with Gasteiger partial charge in [-0.1, -0.05) is 269 Å². The third kappa shape index (κ3) is 21.1. The SMILES string of the molecule is CCCCCCCCCCCc1ccc2c(c1)c1cc(CCCCCCCCCCC)ccc1n2CC#CC#CCn1c2ccc(CCCCCCCCCCC)cc2c2cc(CCCCCCCCCCC)ccc21. The van der Waals surface area contributed by atoms with E-state index in [1.165, 1.54) is 323 Å². The van der Waals surface area contributed by atoms with Crippen LogP contribution in [0.5, 0.6) is 0 Å². The molecule has 4 aromatic carbocycles. The summed E-state index contributed by atoms with van der Waals surface area (Å²) < 4.78 is 4.91. The van der Waals surface area contributed by atoms with Crippen molar-refractivity contribution in [1.82, 2.24) is 9.13 Å². The van der Waals surface area contributed by atoms with Gasteiger partial charge in [0.25, 0.3) is 0 Å². The lowest BCUT2D eigenvalue weighted by Gasteiger charge is -2.05. The maximum Gasteiger partial charge on any atom is 0.0853 e. The first kappa shape index (κ1) is 60.8. The number of rotatable bonds is 42. The number of nitrogens with zero attached hydrogens (tertiary/aromatic N) is 2. The summed E-state index contributed by atoms with van der Waals surface area (Å²) in [7, 11) is 0. The fourth-order valence-electron chi connectivity index (χ4n) is 12.2. The lowest BCUT2D eigenvalue weighted by Crippen LogP contribution is -1.96. The highest BCUT2D eigenvalue weighted by Crippen LogP contribution is 2.34. The zero-order chi connectivity index (χ0) is 53.1. The molecule has 0 atom stereocenters. The summed E-state index contributed by atoms with van der Waals surface area (Å²) in [5, 5.41) is 5.57. The number of hydrogen-bond acceptors (Lipinski definition) is 0. The van der Waals surface area contributed by atoms with Gasteiger partial charge in [0.15, 0.2) is 0 Å². The quantitative estimate of drug-likeness (QED) is 0.0267. The van der Waals surface area contributed by atoms with E-state index in [1.54, 1.807) is 0 Å². The molecule has 0 amide bonds. The van der Waals surface area contributed by atoms with Crippen molar-refractivity contribution in [3.8, 4) is 23.7 Å². The van der Waals surface area contributed by atoms with Crippen LogP contribution < -0.4 is 0 Å². The van der Waals surface area contributed by atoms with Crippen molar-refractivity contribution in [1.29, 1.82) is 0 Å². The van der Waals surface area contributed by atoms with Gasteiger partial charge in [-0.3, -0.25) is 0 Å². The van der Waals surface area contributed by atoms with E-state index < -0.39 is 0 Å². The molecule has 0 radical (unpaired) electrons. The normalized spacial score (nSPS) is 11.6. The molecule has 6 aromatic rings. The monoisotopic (exact) mass is 1020 g/mol. The summed E-state index contributed by atoms with van der Waals surface area (Å²) in [6, 6.07) is 29.2. The molecule has 2 heteroatoms. The molecule has 76 heavy (non-hydrogen) atoms.